The van der Waals surface area contributed by atoms with Crippen molar-refractivity contribution >= 4 is 17.5 Å². The number of anilines is 1. The zero-order valence-corrected chi connectivity index (χ0v) is 16.8. The first kappa shape index (κ1) is 19.6. The average molecular weight is 393 g/mol. The maximum atomic E-state index is 13.1. The van der Waals surface area contributed by atoms with E-state index in [1.807, 2.05) is 25.1 Å². The second-order valence-corrected chi connectivity index (χ2v) is 7.52. The summed E-state index contributed by atoms with van der Waals surface area (Å²) in [7, 11) is 0. The van der Waals surface area contributed by atoms with Gasteiger partial charge < -0.3 is 4.74 Å². The fourth-order valence-corrected chi connectivity index (χ4v) is 4.13. The average Bonchev–Trinajstić information content (AvgIpc) is 3.04. The normalized spacial score (nSPS) is 21.0. The molecule has 2 aliphatic rings. The number of hydrogen-bond donors (Lipinski definition) is 0. The minimum Gasteiger partial charge on any atom is -0.494 e. The van der Waals surface area contributed by atoms with E-state index in [0.717, 1.165) is 32.7 Å². The van der Waals surface area contributed by atoms with Crippen molar-refractivity contribution in [1.29, 1.82) is 0 Å². The largest absolute Gasteiger partial charge is 0.494 e. The van der Waals surface area contributed by atoms with Gasteiger partial charge in [-0.2, -0.15) is 0 Å². The van der Waals surface area contributed by atoms with Crippen LogP contribution in [0.1, 0.15) is 18.9 Å². The van der Waals surface area contributed by atoms with Crippen LogP contribution in [-0.4, -0.2) is 60.4 Å². The number of carbonyl (C=O) groups excluding carboxylic acids is 2. The molecule has 2 heterocycles. The van der Waals surface area contributed by atoms with E-state index in [1.165, 1.54) is 10.5 Å². The summed E-state index contributed by atoms with van der Waals surface area (Å²) in [6, 6.07) is 17.3. The molecule has 2 saturated heterocycles. The molecule has 0 aliphatic carbocycles. The minimum atomic E-state index is -0.364. The molecule has 1 atom stereocenters. The molecule has 0 unspecified atom stereocenters. The molecule has 0 bridgehead atoms. The van der Waals surface area contributed by atoms with Gasteiger partial charge in [-0.25, -0.2) is 4.90 Å². The number of carbonyl (C=O) groups is 2. The third-order valence-corrected chi connectivity index (χ3v) is 5.61. The van der Waals surface area contributed by atoms with Gasteiger partial charge in [0.25, 0.3) is 5.91 Å². The van der Waals surface area contributed by atoms with Gasteiger partial charge >= 0.3 is 0 Å². The van der Waals surface area contributed by atoms with Crippen molar-refractivity contribution in [2.24, 2.45) is 0 Å². The molecule has 0 saturated carbocycles. The molecule has 2 aromatic carbocycles. The number of imide groups is 1. The lowest BCUT2D eigenvalue weighted by Gasteiger charge is -2.37. The van der Waals surface area contributed by atoms with Crippen LogP contribution in [-0.2, 0) is 16.1 Å². The van der Waals surface area contributed by atoms with E-state index >= 15 is 0 Å². The molecule has 0 N–H and O–H groups in total. The van der Waals surface area contributed by atoms with Crippen LogP contribution in [0.4, 0.5) is 5.69 Å². The SMILES string of the molecule is CCOc1cccc(N2C(=O)C[C@H](N3CCN(Cc4ccccc4)CC3)C2=O)c1. The summed E-state index contributed by atoms with van der Waals surface area (Å²) in [6.45, 7) is 6.75. The van der Waals surface area contributed by atoms with Crippen LogP contribution in [0.25, 0.3) is 0 Å². The Bertz CT molecular complexity index is 863. The van der Waals surface area contributed by atoms with E-state index in [9.17, 15) is 9.59 Å². The third-order valence-electron chi connectivity index (χ3n) is 5.61. The summed E-state index contributed by atoms with van der Waals surface area (Å²) in [6.07, 6.45) is 0.246. The van der Waals surface area contributed by atoms with Gasteiger partial charge in [-0.3, -0.25) is 19.4 Å². The van der Waals surface area contributed by atoms with Gasteiger partial charge in [0, 0.05) is 38.8 Å². The number of rotatable bonds is 6. The minimum absolute atomic E-state index is 0.125. The molecule has 2 aliphatic heterocycles. The molecule has 0 spiro atoms. The lowest BCUT2D eigenvalue weighted by atomic mass is 10.1. The number of ether oxygens (including phenoxy) is 1. The fourth-order valence-electron chi connectivity index (χ4n) is 4.13. The number of piperazine rings is 1. The van der Waals surface area contributed by atoms with E-state index in [0.29, 0.717) is 18.0 Å². The van der Waals surface area contributed by atoms with Crippen LogP contribution in [0.5, 0.6) is 5.75 Å². The highest BCUT2D eigenvalue weighted by atomic mass is 16.5. The molecule has 152 valence electrons. The molecule has 0 radical (unpaired) electrons. The zero-order chi connectivity index (χ0) is 20.2. The maximum Gasteiger partial charge on any atom is 0.251 e. The standard InChI is InChI=1S/C23H27N3O3/c1-2-29-20-10-6-9-19(15-20)26-22(27)16-21(23(26)28)25-13-11-24(12-14-25)17-18-7-4-3-5-8-18/h3-10,15,21H,2,11-14,16-17H2,1H3/t21-/m0/s1. The second-order valence-electron chi connectivity index (χ2n) is 7.52. The van der Waals surface area contributed by atoms with Crippen LogP contribution in [0.2, 0.25) is 0 Å². The van der Waals surface area contributed by atoms with Crippen molar-refractivity contribution in [2.45, 2.75) is 25.9 Å². The van der Waals surface area contributed by atoms with Crippen LogP contribution in [0.3, 0.4) is 0 Å². The monoisotopic (exact) mass is 393 g/mol. The predicted octanol–water partition coefficient (Wildman–Crippen LogP) is 2.54. The molecule has 29 heavy (non-hydrogen) atoms. The Morgan fingerprint density at radius 3 is 2.45 bits per heavy atom. The van der Waals surface area contributed by atoms with Crippen LogP contribution in [0, 0.1) is 0 Å². The Morgan fingerprint density at radius 2 is 1.72 bits per heavy atom. The van der Waals surface area contributed by atoms with Crippen molar-refractivity contribution in [3.63, 3.8) is 0 Å². The molecular weight excluding hydrogens is 366 g/mol. The van der Waals surface area contributed by atoms with Crippen LogP contribution < -0.4 is 9.64 Å². The number of nitrogens with zero attached hydrogens (tertiary/aromatic N) is 3. The molecule has 2 amide bonds. The van der Waals surface area contributed by atoms with Gasteiger partial charge in [0.2, 0.25) is 5.91 Å². The van der Waals surface area contributed by atoms with Gasteiger partial charge in [0.1, 0.15) is 5.75 Å². The fraction of sp³-hybridized carbons (Fsp3) is 0.391. The van der Waals surface area contributed by atoms with E-state index in [4.69, 9.17) is 4.74 Å². The molecule has 2 aromatic rings. The lowest BCUT2D eigenvalue weighted by Crippen LogP contribution is -2.52. The number of hydrogen-bond acceptors (Lipinski definition) is 5. The molecule has 0 aromatic heterocycles. The van der Waals surface area contributed by atoms with E-state index < -0.39 is 0 Å². The Kier molecular flexibility index (Phi) is 5.92. The molecule has 2 fully saturated rings. The zero-order valence-electron chi connectivity index (χ0n) is 16.8. The maximum absolute atomic E-state index is 13.1. The lowest BCUT2D eigenvalue weighted by molar-refractivity contribution is -0.123. The summed E-state index contributed by atoms with van der Waals surface area (Å²) in [5.74, 6) is 0.407. The predicted molar refractivity (Wildman–Crippen MR) is 112 cm³/mol. The first-order valence-electron chi connectivity index (χ1n) is 10.3. The number of benzene rings is 2. The number of amides is 2. The van der Waals surface area contributed by atoms with Crippen molar-refractivity contribution in [1.82, 2.24) is 9.80 Å². The van der Waals surface area contributed by atoms with E-state index in [-0.39, 0.29) is 24.3 Å². The third kappa shape index (κ3) is 4.33. The van der Waals surface area contributed by atoms with Crippen molar-refractivity contribution in [3.05, 3.63) is 60.2 Å². The van der Waals surface area contributed by atoms with Crippen LogP contribution >= 0.6 is 0 Å². The van der Waals surface area contributed by atoms with Gasteiger partial charge in [-0.15, -0.1) is 0 Å². The smallest absolute Gasteiger partial charge is 0.251 e. The Labute approximate surface area is 171 Å². The second kappa shape index (κ2) is 8.76. The van der Waals surface area contributed by atoms with Gasteiger partial charge in [0.15, 0.2) is 0 Å². The van der Waals surface area contributed by atoms with Crippen molar-refractivity contribution in [2.75, 3.05) is 37.7 Å². The summed E-state index contributed by atoms with van der Waals surface area (Å²) < 4.78 is 5.52. The molecule has 4 rings (SSSR count). The Hall–Kier alpha value is -2.70. The van der Waals surface area contributed by atoms with Gasteiger partial charge in [0.05, 0.1) is 24.8 Å². The van der Waals surface area contributed by atoms with E-state index in [2.05, 4.69) is 34.1 Å². The highest BCUT2D eigenvalue weighted by Crippen LogP contribution is 2.29. The summed E-state index contributed by atoms with van der Waals surface area (Å²) >= 11 is 0. The topological polar surface area (TPSA) is 53.1 Å². The molecule has 6 nitrogen and oxygen atoms in total. The molecule has 6 heteroatoms. The van der Waals surface area contributed by atoms with Crippen LogP contribution in [0.15, 0.2) is 54.6 Å². The first-order valence-corrected chi connectivity index (χ1v) is 10.3. The van der Waals surface area contributed by atoms with Crippen molar-refractivity contribution < 1.29 is 14.3 Å². The Morgan fingerprint density at radius 1 is 0.966 bits per heavy atom. The van der Waals surface area contributed by atoms with Crippen molar-refractivity contribution in [3.8, 4) is 5.75 Å². The highest BCUT2D eigenvalue weighted by Gasteiger charge is 2.43. The summed E-state index contributed by atoms with van der Waals surface area (Å²) in [4.78, 5) is 31.6. The quantitative estimate of drug-likeness (QED) is 0.706. The van der Waals surface area contributed by atoms with Gasteiger partial charge in [-0.05, 0) is 24.6 Å². The molecular formula is C23H27N3O3. The van der Waals surface area contributed by atoms with E-state index in [1.54, 1.807) is 12.1 Å². The first-order chi connectivity index (χ1) is 14.2. The summed E-state index contributed by atoms with van der Waals surface area (Å²) in [5.41, 5.74) is 1.89. The van der Waals surface area contributed by atoms with Gasteiger partial charge in [-0.1, -0.05) is 36.4 Å². The highest BCUT2D eigenvalue weighted by molar-refractivity contribution is 6.22. The summed E-state index contributed by atoms with van der Waals surface area (Å²) in [5, 5.41) is 0. The Balaban J connectivity index is 1.39.